The van der Waals surface area contributed by atoms with Crippen LogP contribution in [0.25, 0.3) is 10.9 Å². The minimum absolute atomic E-state index is 0.0293. The molecule has 180 valence electrons. The van der Waals surface area contributed by atoms with Gasteiger partial charge >= 0.3 is 0 Å². The van der Waals surface area contributed by atoms with Crippen LogP contribution in [0.2, 0.25) is 0 Å². The Morgan fingerprint density at radius 2 is 1.83 bits per heavy atom. The van der Waals surface area contributed by atoms with E-state index in [4.69, 9.17) is 4.99 Å². The van der Waals surface area contributed by atoms with Gasteiger partial charge in [-0.2, -0.15) is 0 Å². The summed E-state index contributed by atoms with van der Waals surface area (Å²) in [4.78, 5) is 21.6. The van der Waals surface area contributed by atoms with Crippen molar-refractivity contribution in [3.8, 4) is 5.88 Å². The summed E-state index contributed by atoms with van der Waals surface area (Å²) in [6, 6.07) is 20.1. The number of aromatic hydroxyl groups is 1. The molecule has 1 aromatic heterocycles. The fourth-order valence-electron chi connectivity index (χ4n) is 4.09. The Labute approximate surface area is 204 Å². The highest BCUT2D eigenvalue weighted by molar-refractivity contribution is 6.21. The Morgan fingerprint density at radius 1 is 1.06 bits per heavy atom. The molecule has 0 atom stereocenters. The molecule has 3 aromatic carbocycles. The Morgan fingerprint density at radius 3 is 2.54 bits per heavy atom. The highest BCUT2D eigenvalue weighted by Gasteiger charge is 2.19. The number of nitrogens with zero attached hydrogens (tertiary/aromatic N) is 2. The zero-order valence-corrected chi connectivity index (χ0v) is 20.1. The predicted octanol–water partition coefficient (Wildman–Crippen LogP) is 4.92. The third-order valence-corrected chi connectivity index (χ3v) is 5.77. The van der Waals surface area contributed by atoms with E-state index in [9.17, 15) is 14.3 Å². The topological polar surface area (TPSA) is 80.7 Å². The van der Waals surface area contributed by atoms with Gasteiger partial charge in [0.1, 0.15) is 5.82 Å². The highest BCUT2D eigenvalue weighted by atomic mass is 19.1. The average Bonchev–Trinajstić information content (AvgIpc) is 3.16. The first-order chi connectivity index (χ1) is 16.8. The van der Waals surface area contributed by atoms with Crippen LogP contribution in [-0.2, 0) is 17.8 Å². The van der Waals surface area contributed by atoms with E-state index in [-0.39, 0.29) is 11.8 Å². The van der Waals surface area contributed by atoms with Crippen LogP contribution in [-0.4, -0.2) is 47.8 Å². The zero-order valence-electron chi connectivity index (χ0n) is 20.1. The van der Waals surface area contributed by atoms with Crippen molar-refractivity contribution in [3.05, 3.63) is 94.8 Å². The van der Waals surface area contributed by atoms with Crippen molar-refractivity contribution >= 4 is 28.2 Å². The monoisotopic (exact) mass is 472 g/mol. The van der Waals surface area contributed by atoms with Crippen molar-refractivity contribution < 1.29 is 14.3 Å². The molecule has 4 rings (SSSR count). The molecular formula is C28H29FN4O2. The number of aromatic amines is 1. The van der Waals surface area contributed by atoms with Gasteiger partial charge in [-0.15, -0.1) is 0 Å². The van der Waals surface area contributed by atoms with Crippen molar-refractivity contribution in [1.82, 2.24) is 15.2 Å². The molecule has 0 saturated heterocycles. The van der Waals surface area contributed by atoms with E-state index in [0.717, 1.165) is 28.9 Å². The molecule has 35 heavy (non-hydrogen) atoms. The molecular weight excluding hydrogens is 443 g/mol. The largest absolute Gasteiger partial charge is 0.494 e. The Balaban J connectivity index is 1.82. The van der Waals surface area contributed by atoms with Gasteiger partial charge in [0.25, 0.3) is 0 Å². The molecule has 0 spiro atoms. The second-order valence-electron chi connectivity index (χ2n) is 8.78. The third-order valence-electron chi connectivity index (χ3n) is 5.77. The normalized spacial score (nSPS) is 11.9. The lowest BCUT2D eigenvalue weighted by molar-refractivity contribution is -0.120. The number of hydrogen-bond donors (Lipinski definition) is 3. The van der Waals surface area contributed by atoms with Crippen LogP contribution in [0.1, 0.15) is 28.7 Å². The second kappa shape index (κ2) is 10.5. The summed E-state index contributed by atoms with van der Waals surface area (Å²) in [6.45, 7) is 0.818. The number of aromatic nitrogens is 1. The number of carbonyl (C=O) groups excluding carboxylic acids is 1. The minimum atomic E-state index is -0.392. The van der Waals surface area contributed by atoms with Crippen molar-refractivity contribution in [2.75, 3.05) is 21.1 Å². The molecule has 0 saturated carbocycles. The van der Waals surface area contributed by atoms with E-state index in [1.807, 2.05) is 62.6 Å². The maximum absolute atomic E-state index is 13.8. The number of aryl methyl sites for hydroxylation is 1. The average molecular weight is 473 g/mol. The first-order valence-electron chi connectivity index (χ1n) is 11.5. The number of amides is 1. The van der Waals surface area contributed by atoms with Gasteiger partial charge in [0.2, 0.25) is 5.91 Å². The quantitative estimate of drug-likeness (QED) is 0.318. The number of rotatable bonds is 8. The molecule has 4 aromatic rings. The molecule has 6 nitrogen and oxygen atoms in total. The van der Waals surface area contributed by atoms with Crippen LogP contribution < -0.4 is 5.32 Å². The first-order valence-corrected chi connectivity index (χ1v) is 11.5. The molecule has 0 aliphatic carbocycles. The van der Waals surface area contributed by atoms with E-state index in [1.165, 1.54) is 12.1 Å². The van der Waals surface area contributed by atoms with Gasteiger partial charge in [0.15, 0.2) is 5.88 Å². The van der Waals surface area contributed by atoms with Crippen molar-refractivity contribution in [3.63, 3.8) is 0 Å². The molecule has 7 heteroatoms. The number of benzene rings is 3. The summed E-state index contributed by atoms with van der Waals surface area (Å²) in [5.74, 6) is -0.501. The Kier molecular flexibility index (Phi) is 7.27. The summed E-state index contributed by atoms with van der Waals surface area (Å²) in [5.41, 5.74) is 5.21. The second-order valence-corrected chi connectivity index (χ2v) is 8.78. The maximum atomic E-state index is 13.8. The minimum Gasteiger partial charge on any atom is -0.494 e. The van der Waals surface area contributed by atoms with E-state index in [0.29, 0.717) is 35.0 Å². The lowest BCUT2D eigenvalue weighted by atomic mass is 9.97. The van der Waals surface area contributed by atoms with Gasteiger partial charge in [-0.25, -0.2) is 9.38 Å². The first kappa shape index (κ1) is 24.2. The summed E-state index contributed by atoms with van der Waals surface area (Å²) in [7, 11) is 5.66. The van der Waals surface area contributed by atoms with Gasteiger partial charge in [-0.3, -0.25) is 4.79 Å². The summed E-state index contributed by atoms with van der Waals surface area (Å²) < 4.78 is 13.8. The number of nitrogens with one attached hydrogen (secondary N) is 2. The van der Waals surface area contributed by atoms with Crippen LogP contribution >= 0.6 is 0 Å². The van der Waals surface area contributed by atoms with Gasteiger partial charge in [-0.1, -0.05) is 30.3 Å². The van der Waals surface area contributed by atoms with Crippen LogP contribution in [0, 0.1) is 5.82 Å². The fraction of sp³-hybridized carbons (Fsp3) is 0.214. The Bertz CT molecular complexity index is 1370. The molecule has 1 amide bonds. The number of carbonyl (C=O) groups is 1. The number of halogens is 1. The lowest BCUT2D eigenvalue weighted by Gasteiger charge is -2.11. The van der Waals surface area contributed by atoms with Crippen LogP contribution in [0.15, 0.2) is 71.7 Å². The maximum Gasteiger partial charge on any atom is 0.220 e. The number of fused-ring (bicyclic) bond motifs is 1. The van der Waals surface area contributed by atoms with Crippen molar-refractivity contribution in [2.24, 2.45) is 4.99 Å². The van der Waals surface area contributed by atoms with E-state index in [1.54, 1.807) is 13.1 Å². The van der Waals surface area contributed by atoms with Crippen LogP contribution in [0.3, 0.4) is 0 Å². The highest BCUT2D eigenvalue weighted by Crippen LogP contribution is 2.32. The molecule has 0 bridgehead atoms. The predicted molar refractivity (Wildman–Crippen MR) is 138 cm³/mol. The molecule has 0 fully saturated rings. The fourth-order valence-corrected chi connectivity index (χ4v) is 4.09. The smallest absolute Gasteiger partial charge is 0.220 e. The SMILES string of the molecule is CNC(=O)CCc1cccc(C(=Nc2ccc(CN(C)C)cc2)c2c(O)[nH]c3cc(F)ccc23)c1. The lowest BCUT2D eigenvalue weighted by Crippen LogP contribution is -2.18. The van der Waals surface area contributed by atoms with Crippen LogP contribution in [0.4, 0.5) is 10.1 Å². The number of aliphatic imine (C=N–C) groups is 1. The molecule has 0 aliphatic rings. The van der Waals surface area contributed by atoms with Gasteiger partial charge in [0, 0.05) is 31.0 Å². The van der Waals surface area contributed by atoms with Crippen LogP contribution in [0.5, 0.6) is 5.88 Å². The van der Waals surface area contributed by atoms with E-state index in [2.05, 4.69) is 15.2 Å². The number of hydrogen-bond acceptors (Lipinski definition) is 4. The van der Waals surface area contributed by atoms with Gasteiger partial charge in [-0.05, 0) is 68.0 Å². The van der Waals surface area contributed by atoms with E-state index >= 15 is 0 Å². The molecule has 1 heterocycles. The number of H-pyrrole nitrogens is 1. The summed E-state index contributed by atoms with van der Waals surface area (Å²) >= 11 is 0. The molecule has 0 radical (unpaired) electrons. The zero-order chi connectivity index (χ0) is 24.9. The van der Waals surface area contributed by atoms with Gasteiger partial charge in [0.05, 0.1) is 22.5 Å². The van der Waals surface area contributed by atoms with E-state index < -0.39 is 5.82 Å². The summed E-state index contributed by atoms with van der Waals surface area (Å²) in [5, 5.41) is 14.1. The third kappa shape index (κ3) is 5.75. The van der Waals surface area contributed by atoms with Crippen molar-refractivity contribution in [2.45, 2.75) is 19.4 Å². The molecule has 0 unspecified atom stereocenters. The van der Waals surface area contributed by atoms with Gasteiger partial charge < -0.3 is 20.3 Å². The molecule has 3 N–H and O–H groups in total. The Hall–Kier alpha value is -3.97. The molecule has 0 aliphatic heterocycles. The summed E-state index contributed by atoms with van der Waals surface area (Å²) in [6.07, 6.45) is 0.947. The standard InChI is InChI=1S/C28H29FN4O2/c1-30-25(34)14-9-18-5-4-6-20(15-18)27(31-22-11-7-19(8-12-22)17-33(2)3)26-23-13-10-21(29)16-24(23)32-28(26)35/h4-8,10-13,15-16,32,35H,9,14,17H2,1-3H3,(H,30,34). The van der Waals surface area contributed by atoms with Crippen molar-refractivity contribution in [1.29, 1.82) is 0 Å².